The molecular weight excluding hydrogens is 336 g/mol. The second-order valence-electron chi connectivity index (χ2n) is 4.40. The third-order valence-corrected chi connectivity index (χ3v) is 3.78. The Morgan fingerprint density at radius 1 is 1.33 bits per heavy atom. The van der Waals surface area contributed by atoms with E-state index >= 15 is 0 Å². The van der Waals surface area contributed by atoms with E-state index in [2.05, 4.69) is 20.9 Å². The van der Waals surface area contributed by atoms with Crippen molar-refractivity contribution in [2.24, 2.45) is 0 Å². The minimum atomic E-state index is -0.968. The molecule has 0 amide bonds. The molecule has 0 bridgehead atoms. The van der Waals surface area contributed by atoms with Gasteiger partial charge in [0.05, 0.1) is 23.8 Å². The number of benzene rings is 1. The summed E-state index contributed by atoms with van der Waals surface area (Å²) in [6, 6.07) is 10.7. The normalized spacial score (nSPS) is 10.8. The van der Waals surface area contributed by atoms with Gasteiger partial charge in [-0.15, -0.1) is 0 Å². The molecule has 0 aliphatic rings. The van der Waals surface area contributed by atoms with Gasteiger partial charge < -0.3 is 9.84 Å². The van der Waals surface area contributed by atoms with Crippen LogP contribution in [0.2, 0.25) is 0 Å². The zero-order chi connectivity index (χ0) is 15.0. The topological polar surface area (TPSA) is 63.8 Å². The van der Waals surface area contributed by atoms with Gasteiger partial charge in [0.2, 0.25) is 0 Å². The number of halogens is 1. The molecule has 1 aromatic carbocycles. The lowest BCUT2D eigenvalue weighted by atomic mass is 10.2. The first-order valence-electron chi connectivity index (χ1n) is 6.16. The van der Waals surface area contributed by atoms with Gasteiger partial charge in [-0.25, -0.2) is 9.78 Å². The predicted octanol–water partition coefficient (Wildman–Crippen LogP) is 3.47. The molecule has 2 aromatic heterocycles. The van der Waals surface area contributed by atoms with E-state index in [1.807, 2.05) is 28.7 Å². The van der Waals surface area contributed by atoms with Crippen LogP contribution >= 0.6 is 15.9 Å². The van der Waals surface area contributed by atoms with Gasteiger partial charge in [-0.1, -0.05) is 12.1 Å². The van der Waals surface area contributed by atoms with E-state index in [0.29, 0.717) is 21.7 Å². The van der Waals surface area contributed by atoms with Crippen LogP contribution in [0.5, 0.6) is 5.75 Å². The minimum absolute atomic E-state index is 0.217. The lowest BCUT2D eigenvalue weighted by molar-refractivity contribution is 0.0697. The van der Waals surface area contributed by atoms with Gasteiger partial charge in [-0.05, 0) is 40.2 Å². The van der Waals surface area contributed by atoms with Crippen LogP contribution in [0.3, 0.4) is 0 Å². The van der Waals surface area contributed by atoms with Crippen molar-refractivity contribution in [2.75, 3.05) is 7.11 Å². The largest absolute Gasteiger partial charge is 0.496 e. The summed E-state index contributed by atoms with van der Waals surface area (Å²) in [6.07, 6.45) is 1.69. The van der Waals surface area contributed by atoms with Crippen molar-refractivity contribution in [3.8, 4) is 17.1 Å². The van der Waals surface area contributed by atoms with E-state index in [9.17, 15) is 4.79 Å². The van der Waals surface area contributed by atoms with Gasteiger partial charge in [-0.3, -0.25) is 4.40 Å². The molecule has 0 aliphatic heterocycles. The lowest BCUT2D eigenvalue weighted by Gasteiger charge is -2.07. The van der Waals surface area contributed by atoms with E-state index in [4.69, 9.17) is 9.84 Å². The molecule has 1 N–H and O–H groups in total. The van der Waals surface area contributed by atoms with Gasteiger partial charge in [0.25, 0.3) is 0 Å². The Kier molecular flexibility index (Phi) is 3.39. The van der Waals surface area contributed by atoms with Crippen molar-refractivity contribution in [2.45, 2.75) is 0 Å². The maximum Gasteiger partial charge on any atom is 0.335 e. The predicted molar refractivity (Wildman–Crippen MR) is 81.8 cm³/mol. The zero-order valence-electron chi connectivity index (χ0n) is 11.1. The first kappa shape index (κ1) is 13.6. The molecular formula is C15H11BrN2O3. The van der Waals surface area contributed by atoms with E-state index in [1.165, 1.54) is 0 Å². The highest BCUT2D eigenvalue weighted by Gasteiger charge is 2.16. The molecule has 106 valence electrons. The highest BCUT2D eigenvalue weighted by Crippen LogP contribution is 2.32. The number of carbonyl (C=O) groups is 1. The van der Waals surface area contributed by atoms with Crippen molar-refractivity contribution in [1.29, 1.82) is 0 Å². The number of carboxylic acid groups (broad SMARTS) is 1. The van der Waals surface area contributed by atoms with E-state index < -0.39 is 5.97 Å². The molecule has 3 aromatic rings. The summed E-state index contributed by atoms with van der Waals surface area (Å²) < 4.78 is 7.77. The number of imidazole rings is 1. The maximum atomic E-state index is 11.1. The fourth-order valence-electron chi connectivity index (χ4n) is 2.20. The van der Waals surface area contributed by atoms with E-state index in [1.54, 1.807) is 25.4 Å². The summed E-state index contributed by atoms with van der Waals surface area (Å²) in [6.45, 7) is 0. The van der Waals surface area contributed by atoms with Crippen LogP contribution in [-0.4, -0.2) is 27.6 Å². The van der Waals surface area contributed by atoms with Crippen LogP contribution in [0, 0.1) is 0 Å². The van der Waals surface area contributed by atoms with Gasteiger partial charge in [0, 0.05) is 6.20 Å². The number of hydrogen-bond acceptors (Lipinski definition) is 3. The Labute approximate surface area is 128 Å². The summed E-state index contributed by atoms with van der Waals surface area (Å²) in [5.74, 6) is 0.426. The average Bonchev–Trinajstić information content (AvgIpc) is 2.83. The summed E-state index contributed by atoms with van der Waals surface area (Å²) in [7, 11) is 1.60. The number of aromatic carboxylic acids is 1. The maximum absolute atomic E-state index is 11.1. The van der Waals surface area contributed by atoms with Crippen molar-refractivity contribution >= 4 is 27.4 Å². The number of para-hydroxylation sites is 1. The highest BCUT2D eigenvalue weighted by atomic mass is 79.9. The summed E-state index contributed by atoms with van der Waals surface area (Å²) in [4.78, 5) is 15.5. The Balaban J connectivity index is 2.27. The molecule has 6 heteroatoms. The fourth-order valence-corrected chi connectivity index (χ4v) is 2.67. The number of rotatable bonds is 3. The Morgan fingerprint density at radius 3 is 2.81 bits per heavy atom. The third kappa shape index (κ3) is 2.27. The van der Waals surface area contributed by atoms with Crippen LogP contribution in [0.4, 0.5) is 0 Å². The molecule has 0 radical (unpaired) electrons. The summed E-state index contributed by atoms with van der Waals surface area (Å²) >= 11 is 3.38. The number of ether oxygens (including phenoxy) is 1. The molecule has 0 unspecified atom stereocenters. The van der Waals surface area contributed by atoms with E-state index in [-0.39, 0.29) is 5.56 Å². The monoisotopic (exact) mass is 346 g/mol. The fraction of sp³-hybridized carbons (Fsp3) is 0.0667. The van der Waals surface area contributed by atoms with Gasteiger partial charge in [0.15, 0.2) is 0 Å². The quantitative estimate of drug-likeness (QED) is 0.788. The van der Waals surface area contributed by atoms with Crippen molar-refractivity contribution in [1.82, 2.24) is 9.38 Å². The molecule has 21 heavy (non-hydrogen) atoms. The summed E-state index contributed by atoms with van der Waals surface area (Å²) in [5, 5.41) is 9.08. The molecule has 0 spiro atoms. The lowest BCUT2D eigenvalue weighted by Crippen LogP contribution is -1.98. The molecule has 0 fully saturated rings. The number of methoxy groups -OCH3 is 1. The Bertz CT molecular complexity index is 842. The molecule has 0 aliphatic carbocycles. The first-order valence-corrected chi connectivity index (χ1v) is 6.95. The number of hydrogen-bond donors (Lipinski definition) is 1. The zero-order valence-corrected chi connectivity index (χ0v) is 12.7. The molecule has 3 rings (SSSR count). The Hall–Kier alpha value is -2.34. The molecule has 2 heterocycles. The van der Waals surface area contributed by atoms with Crippen LogP contribution in [-0.2, 0) is 0 Å². The van der Waals surface area contributed by atoms with E-state index in [0.717, 1.165) is 5.56 Å². The van der Waals surface area contributed by atoms with Crippen molar-refractivity contribution < 1.29 is 14.6 Å². The second kappa shape index (κ2) is 5.21. The van der Waals surface area contributed by atoms with Crippen LogP contribution in [0.1, 0.15) is 10.4 Å². The SMILES string of the molecule is COc1ccccc1-c1nc(Br)c2cc(C(=O)O)ccn12. The standard InChI is InChI=1S/C15H11BrN2O3/c1-21-12-5-3-2-4-10(12)14-17-13(16)11-8-9(15(19)20)6-7-18(11)14/h2-8H,1H3,(H,19,20). The molecule has 0 atom stereocenters. The minimum Gasteiger partial charge on any atom is -0.496 e. The average molecular weight is 347 g/mol. The molecule has 5 nitrogen and oxygen atoms in total. The van der Waals surface area contributed by atoms with Crippen LogP contribution in [0.15, 0.2) is 47.2 Å². The Morgan fingerprint density at radius 2 is 2.10 bits per heavy atom. The molecule has 0 saturated carbocycles. The van der Waals surface area contributed by atoms with Gasteiger partial charge in [0.1, 0.15) is 16.2 Å². The number of fused-ring (bicyclic) bond motifs is 1. The number of carboxylic acids is 1. The van der Waals surface area contributed by atoms with Crippen LogP contribution < -0.4 is 4.74 Å². The number of aromatic nitrogens is 2. The number of pyridine rings is 1. The highest BCUT2D eigenvalue weighted by molar-refractivity contribution is 9.10. The van der Waals surface area contributed by atoms with Gasteiger partial charge in [-0.2, -0.15) is 0 Å². The number of nitrogens with zero attached hydrogens (tertiary/aromatic N) is 2. The van der Waals surface area contributed by atoms with Crippen LogP contribution in [0.25, 0.3) is 16.9 Å². The van der Waals surface area contributed by atoms with Gasteiger partial charge >= 0.3 is 5.97 Å². The second-order valence-corrected chi connectivity index (χ2v) is 5.15. The smallest absolute Gasteiger partial charge is 0.335 e. The third-order valence-electron chi connectivity index (χ3n) is 3.19. The molecule has 0 saturated heterocycles. The van der Waals surface area contributed by atoms with Crippen molar-refractivity contribution in [3.63, 3.8) is 0 Å². The summed E-state index contributed by atoms with van der Waals surface area (Å²) in [5.41, 5.74) is 1.74. The first-order chi connectivity index (χ1) is 10.1. The van der Waals surface area contributed by atoms with Crippen molar-refractivity contribution in [3.05, 3.63) is 52.8 Å².